The Morgan fingerprint density at radius 1 is 1.00 bits per heavy atom. The molecule has 0 aromatic heterocycles. The summed E-state index contributed by atoms with van der Waals surface area (Å²) in [5.41, 5.74) is 3.51. The van der Waals surface area contributed by atoms with E-state index >= 15 is 0 Å². The summed E-state index contributed by atoms with van der Waals surface area (Å²) in [6, 6.07) is 20.0. The van der Waals surface area contributed by atoms with Crippen LogP contribution in [0.2, 0.25) is 0 Å². The highest BCUT2D eigenvalue weighted by Crippen LogP contribution is 2.50. The van der Waals surface area contributed by atoms with Gasteiger partial charge in [-0.2, -0.15) is 5.26 Å². The molecule has 0 bridgehead atoms. The molecule has 0 heterocycles. The quantitative estimate of drug-likeness (QED) is 0.429. The van der Waals surface area contributed by atoms with Crippen LogP contribution in [0.5, 0.6) is 5.75 Å². The first-order chi connectivity index (χ1) is 15.6. The number of hydrogen-bond donors (Lipinski definition) is 0. The Kier molecular flexibility index (Phi) is 7.30. The zero-order valence-electron chi connectivity index (χ0n) is 19.3. The van der Waals surface area contributed by atoms with Crippen LogP contribution in [0.25, 0.3) is 11.1 Å². The van der Waals surface area contributed by atoms with Crippen LogP contribution < -0.4 is 4.74 Å². The van der Waals surface area contributed by atoms with E-state index in [2.05, 4.69) is 61.5 Å². The third-order valence-electron chi connectivity index (χ3n) is 7.70. The van der Waals surface area contributed by atoms with Crippen LogP contribution in [-0.4, -0.2) is 12.4 Å². The maximum absolute atomic E-state index is 12.0. The molecule has 2 saturated carbocycles. The molecule has 0 amide bonds. The number of Topliss-reactive ketones (excluding diaryl/α,β-unsaturated/α-hetero) is 1. The number of nitrogens with zero attached hydrogens (tertiary/aromatic N) is 1. The van der Waals surface area contributed by atoms with Gasteiger partial charge in [0, 0.05) is 12.8 Å². The number of unbranched alkanes of at least 4 members (excludes halogenated alkanes) is 1. The molecule has 4 rings (SSSR count). The molecular weight excluding hydrogens is 394 g/mol. The maximum Gasteiger partial charge on any atom is 0.133 e. The van der Waals surface area contributed by atoms with E-state index in [1.807, 2.05) is 0 Å². The van der Waals surface area contributed by atoms with E-state index < -0.39 is 0 Å². The normalized spacial score (nSPS) is 25.8. The van der Waals surface area contributed by atoms with Gasteiger partial charge < -0.3 is 4.74 Å². The lowest BCUT2D eigenvalue weighted by atomic mass is 9.60. The zero-order valence-corrected chi connectivity index (χ0v) is 19.3. The lowest BCUT2D eigenvalue weighted by molar-refractivity contribution is -0.123. The molecule has 2 aromatic rings. The Labute approximate surface area is 192 Å². The van der Waals surface area contributed by atoms with Gasteiger partial charge in [-0.15, -0.1) is 0 Å². The molecule has 2 fully saturated rings. The number of ether oxygens (including phenoxy) is 1. The van der Waals surface area contributed by atoms with Crippen molar-refractivity contribution in [2.24, 2.45) is 11.3 Å². The number of ketones is 1. The summed E-state index contributed by atoms with van der Waals surface area (Å²) < 4.78 is 5.77. The summed E-state index contributed by atoms with van der Waals surface area (Å²) in [4.78, 5) is 12.0. The standard InChI is InChI=1S/C29H35NO2/c1-2-3-19-32-28-13-11-24(12-14-28)22-7-9-23(10-8-22)25-15-17-29(21-30,18-16-25)26-5-4-6-27(31)20-26/h7-14,25-26H,2-6,15-20H2,1H3/t25?,26-,29?/m1/s1. The number of nitriles is 1. The molecule has 0 radical (unpaired) electrons. The molecule has 2 aromatic carbocycles. The summed E-state index contributed by atoms with van der Waals surface area (Å²) in [6.07, 6.45) is 9.49. The molecule has 1 atom stereocenters. The van der Waals surface area contributed by atoms with Crippen LogP contribution in [0.4, 0.5) is 0 Å². The van der Waals surface area contributed by atoms with Crippen molar-refractivity contribution in [2.45, 2.75) is 77.0 Å². The van der Waals surface area contributed by atoms with Gasteiger partial charge in [0.05, 0.1) is 18.1 Å². The van der Waals surface area contributed by atoms with Gasteiger partial charge in [0.15, 0.2) is 0 Å². The molecule has 2 aliphatic rings. The fourth-order valence-electron chi connectivity index (χ4n) is 5.60. The van der Waals surface area contributed by atoms with Crippen LogP contribution >= 0.6 is 0 Å². The average Bonchev–Trinajstić information content (AvgIpc) is 2.85. The first-order valence-electron chi connectivity index (χ1n) is 12.4. The van der Waals surface area contributed by atoms with E-state index in [-0.39, 0.29) is 11.3 Å². The molecule has 0 aliphatic heterocycles. The van der Waals surface area contributed by atoms with Gasteiger partial charge in [-0.1, -0.05) is 49.7 Å². The molecule has 32 heavy (non-hydrogen) atoms. The summed E-state index contributed by atoms with van der Waals surface area (Å²) in [5.74, 6) is 2.07. The smallest absolute Gasteiger partial charge is 0.133 e. The second kappa shape index (κ2) is 10.3. The monoisotopic (exact) mass is 429 g/mol. The SMILES string of the molecule is CCCCOc1ccc(-c2ccc(C3CCC(C#N)([C@@H]4CCCC(=O)C4)CC3)cc2)cc1. The van der Waals surface area contributed by atoms with Crippen molar-refractivity contribution >= 4 is 5.78 Å². The van der Waals surface area contributed by atoms with Gasteiger partial charge >= 0.3 is 0 Å². The van der Waals surface area contributed by atoms with Crippen molar-refractivity contribution in [1.29, 1.82) is 5.26 Å². The van der Waals surface area contributed by atoms with E-state index in [0.29, 0.717) is 24.5 Å². The molecule has 0 spiro atoms. The van der Waals surface area contributed by atoms with Gasteiger partial charge in [-0.25, -0.2) is 0 Å². The van der Waals surface area contributed by atoms with Crippen molar-refractivity contribution in [1.82, 2.24) is 0 Å². The molecule has 2 aliphatic carbocycles. The Morgan fingerprint density at radius 3 is 2.25 bits per heavy atom. The van der Waals surface area contributed by atoms with Gasteiger partial charge in [0.2, 0.25) is 0 Å². The Bertz CT molecular complexity index is 931. The Balaban J connectivity index is 1.37. The van der Waals surface area contributed by atoms with Crippen molar-refractivity contribution in [3.8, 4) is 22.9 Å². The van der Waals surface area contributed by atoms with E-state index in [1.165, 1.54) is 16.7 Å². The molecule has 0 saturated heterocycles. The van der Waals surface area contributed by atoms with Gasteiger partial charge in [-0.3, -0.25) is 4.79 Å². The maximum atomic E-state index is 12.0. The second-order valence-corrected chi connectivity index (χ2v) is 9.72. The number of carbonyl (C=O) groups is 1. The van der Waals surface area contributed by atoms with Crippen molar-refractivity contribution in [3.05, 3.63) is 54.1 Å². The van der Waals surface area contributed by atoms with E-state index in [4.69, 9.17) is 4.74 Å². The largest absolute Gasteiger partial charge is 0.494 e. The number of carbonyl (C=O) groups excluding carboxylic acids is 1. The van der Waals surface area contributed by atoms with Crippen molar-refractivity contribution in [3.63, 3.8) is 0 Å². The Morgan fingerprint density at radius 2 is 1.66 bits per heavy atom. The lowest BCUT2D eigenvalue weighted by Gasteiger charge is -2.42. The van der Waals surface area contributed by atoms with Crippen LogP contribution in [0.3, 0.4) is 0 Å². The molecule has 3 nitrogen and oxygen atoms in total. The van der Waals surface area contributed by atoms with Crippen LogP contribution in [-0.2, 0) is 4.79 Å². The fourth-order valence-corrected chi connectivity index (χ4v) is 5.60. The molecular formula is C29H35NO2. The van der Waals surface area contributed by atoms with Gasteiger partial charge in [0.1, 0.15) is 11.5 Å². The second-order valence-electron chi connectivity index (χ2n) is 9.72. The molecule has 168 valence electrons. The molecule has 3 heteroatoms. The third-order valence-corrected chi connectivity index (χ3v) is 7.70. The van der Waals surface area contributed by atoms with E-state index in [1.54, 1.807) is 0 Å². The van der Waals surface area contributed by atoms with Gasteiger partial charge in [-0.05, 0) is 85.6 Å². The summed E-state index contributed by atoms with van der Waals surface area (Å²) in [7, 11) is 0. The molecule has 0 unspecified atom stereocenters. The minimum absolute atomic E-state index is 0.269. The first-order valence-corrected chi connectivity index (χ1v) is 12.4. The van der Waals surface area contributed by atoms with Crippen LogP contribution in [0, 0.1) is 22.7 Å². The number of hydrogen-bond acceptors (Lipinski definition) is 3. The highest BCUT2D eigenvalue weighted by Gasteiger charge is 2.43. The van der Waals surface area contributed by atoms with E-state index in [0.717, 1.165) is 63.7 Å². The van der Waals surface area contributed by atoms with Gasteiger partial charge in [0.25, 0.3) is 0 Å². The number of benzene rings is 2. The highest BCUT2D eigenvalue weighted by atomic mass is 16.5. The predicted octanol–water partition coefficient (Wildman–Crippen LogP) is 7.46. The van der Waals surface area contributed by atoms with Crippen molar-refractivity contribution < 1.29 is 9.53 Å². The summed E-state index contributed by atoms with van der Waals surface area (Å²) in [6.45, 7) is 2.94. The molecule has 0 N–H and O–H groups in total. The Hall–Kier alpha value is -2.60. The van der Waals surface area contributed by atoms with Crippen LogP contribution in [0.1, 0.15) is 82.6 Å². The minimum Gasteiger partial charge on any atom is -0.494 e. The minimum atomic E-state index is -0.284. The van der Waals surface area contributed by atoms with E-state index in [9.17, 15) is 10.1 Å². The van der Waals surface area contributed by atoms with Crippen molar-refractivity contribution in [2.75, 3.05) is 6.61 Å². The highest BCUT2D eigenvalue weighted by molar-refractivity contribution is 5.79. The number of rotatable bonds is 7. The summed E-state index contributed by atoms with van der Waals surface area (Å²) in [5, 5.41) is 10.0. The fraction of sp³-hybridized carbons (Fsp3) is 0.517. The van der Waals surface area contributed by atoms with Crippen LogP contribution in [0.15, 0.2) is 48.5 Å². The zero-order chi connectivity index (χ0) is 22.4. The first kappa shape index (κ1) is 22.6. The predicted molar refractivity (Wildman–Crippen MR) is 129 cm³/mol. The average molecular weight is 430 g/mol. The topological polar surface area (TPSA) is 50.1 Å². The summed E-state index contributed by atoms with van der Waals surface area (Å²) >= 11 is 0. The lowest BCUT2D eigenvalue weighted by Crippen LogP contribution is -2.36. The third kappa shape index (κ3) is 5.07.